The van der Waals surface area contributed by atoms with Gasteiger partial charge in [-0.3, -0.25) is 9.59 Å². The zero-order chi connectivity index (χ0) is 18.2. The standard InChI is InChI=1S/C17H21N3O5.ClH/c1-18-6-7-19-16(21)11-9-14(23-2)15(24-3)10-12(11)20-17(22)13-5-4-8-25-13;/h4-5,8-10,18H,6-7H2,1-3H3,(H,19,21)(H,20,22);1H. The largest absolute Gasteiger partial charge is 0.493 e. The Hall–Kier alpha value is -2.71. The number of furan rings is 1. The summed E-state index contributed by atoms with van der Waals surface area (Å²) < 4.78 is 15.5. The van der Waals surface area contributed by atoms with Gasteiger partial charge in [-0.05, 0) is 25.2 Å². The van der Waals surface area contributed by atoms with Crippen molar-refractivity contribution in [3.05, 3.63) is 41.9 Å². The number of hydrogen-bond acceptors (Lipinski definition) is 6. The summed E-state index contributed by atoms with van der Waals surface area (Å²) >= 11 is 0. The summed E-state index contributed by atoms with van der Waals surface area (Å²) in [5, 5.41) is 8.37. The van der Waals surface area contributed by atoms with Crippen molar-refractivity contribution in [1.82, 2.24) is 10.6 Å². The van der Waals surface area contributed by atoms with Crippen LogP contribution in [0.4, 0.5) is 5.69 Å². The fraction of sp³-hybridized carbons (Fsp3) is 0.294. The van der Waals surface area contributed by atoms with Gasteiger partial charge < -0.3 is 29.8 Å². The van der Waals surface area contributed by atoms with Gasteiger partial charge in [0.1, 0.15) is 0 Å². The van der Waals surface area contributed by atoms with E-state index in [4.69, 9.17) is 13.9 Å². The number of amides is 2. The van der Waals surface area contributed by atoms with Crippen LogP contribution in [-0.2, 0) is 0 Å². The summed E-state index contributed by atoms with van der Waals surface area (Å²) in [6.07, 6.45) is 1.40. The van der Waals surface area contributed by atoms with Crippen LogP contribution in [0.3, 0.4) is 0 Å². The molecule has 26 heavy (non-hydrogen) atoms. The molecule has 142 valence electrons. The number of carbonyl (C=O) groups excluding carboxylic acids is 2. The SMILES string of the molecule is CNCCNC(=O)c1cc(OC)c(OC)cc1NC(=O)c1ccco1.Cl. The van der Waals surface area contributed by atoms with E-state index in [-0.39, 0.29) is 29.6 Å². The fourth-order valence-corrected chi connectivity index (χ4v) is 2.16. The van der Waals surface area contributed by atoms with Crippen LogP contribution >= 0.6 is 12.4 Å². The monoisotopic (exact) mass is 383 g/mol. The number of ether oxygens (including phenoxy) is 2. The van der Waals surface area contributed by atoms with E-state index >= 15 is 0 Å². The minimum Gasteiger partial charge on any atom is -0.493 e. The van der Waals surface area contributed by atoms with E-state index < -0.39 is 5.91 Å². The quantitative estimate of drug-likeness (QED) is 0.602. The topological polar surface area (TPSA) is 102 Å². The van der Waals surface area contributed by atoms with Crippen molar-refractivity contribution in [2.45, 2.75) is 0 Å². The van der Waals surface area contributed by atoms with Crippen molar-refractivity contribution < 1.29 is 23.5 Å². The molecule has 1 heterocycles. The predicted molar refractivity (Wildman–Crippen MR) is 99.7 cm³/mol. The number of hydrogen-bond donors (Lipinski definition) is 3. The van der Waals surface area contributed by atoms with Crippen LogP contribution in [0, 0.1) is 0 Å². The van der Waals surface area contributed by atoms with Crippen molar-refractivity contribution in [2.24, 2.45) is 0 Å². The highest BCUT2D eigenvalue weighted by atomic mass is 35.5. The van der Waals surface area contributed by atoms with Gasteiger partial charge in [-0.1, -0.05) is 0 Å². The predicted octanol–water partition coefficient (Wildman–Crippen LogP) is 1.92. The second kappa shape index (κ2) is 10.3. The van der Waals surface area contributed by atoms with Crippen LogP contribution in [0.5, 0.6) is 11.5 Å². The number of carbonyl (C=O) groups is 2. The van der Waals surface area contributed by atoms with E-state index in [9.17, 15) is 9.59 Å². The molecule has 8 nitrogen and oxygen atoms in total. The van der Waals surface area contributed by atoms with Gasteiger partial charge in [-0.25, -0.2) is 0 Å². The molecular formula is C17H22ClN3O5. The van der Waals surface area contributed by atoms with Crippen LogP contribution in [-0.4, -0.2) is 46.2 Å². The number of benzene rings is 1. The fourth-order valence-electron chi connectivity index (χ4n) is 2.16. The molecule has 0 aliphatic rings. The van der Waals surface area contributed by atoms with Crippen molar-refractivity contribution in [3.8, 4) is 11.5 Å². The van der Waals surface area contributed by atoms with E-state index in [0.29, 0.717) is 30.3 Å². The van der Waals surface area contributed by atoms with Gasteiger partial charge in [0, 0.05) is 19.2 Å². The summed E-state index contributed by atoms with van der Waals surface area (Å²) in [5.74, 6) is 0.102. The summed E-state index contributed by atoms with van der Waals surface area (Å²) in [7, 11) is 4.74. The second-order valence-electron chi connectivity index (χ2n) is 5.04. The van der Waals surface area contributed by atoms with Crippen molar-refractivity contribution in [3.63, 3.8) is 0 Å². The molecule has 0 saturated heterocycles. The molecule has 3 N–H and O–H groups in total. The second-order valence-corrected chi connectivity index (χ2v) is 5.04. The van der Waals surface area contributed by atoms with Gasteiger partial charge in [0.15, 0.2) is 17.3 Å². The smallest absolute Gasteiger partial charge is 0.291 e. The Labute approximate surface area is 157 Å². The lowest BCUT2D eigenvalue weighted by Gasteiger charge is -2.15. The first-order valence-electron chi connectivity index (χ1n) is 7.64. The Balaban J connectivity index is 0.00000338. The molecule has 0 radical (unpaired) electrons. The Kier molecular flexibility index (Phi) is 8.47. The Morgan fingerprint density at radius 3 is 2.35 bits per heavy atom. The lowest BCUT2D eigenvalue weighted by molar-refractivity contribution is 0.0954. The van der Waals surface area contributed by atoms with E-state index in [1.54, 1.807) is 13.1 Å². The van der Waals surface area contributed by atoms with Crippen LogP contribution in [0.2, 0.25) is 0 Å². The van der Waals surface area contributed by atoms with E-state index in [1.807, 2.05) is 0 Å². The third kappa shape index (κ3) is 5.14. The van der Waals surface area contributed by atoms with Crippen molar-refractivity contribution >= 4 is 29.9 Å². The van der Waals surface area contributed by atoms with Gasteiger partial charge in [0.05, 0.1) is 31.7 Å². The van der Waals surface area contributed by atoms with Crippen LogP contribution in [0.15, 0.2) is 34.9 Å². The van der Waals surface area contributed by atoms with Gasteiger partial charge >= 0.3 is 0 Å². The zero-order valence-electron chi connectivity index (χ0n) is 14.8. The molecule has 0 aliphatic heterocycles. The minimum atomic E-state index is -0.471. The summed E-state index contributed by atoms with van der Waals surface area (Å²) in [6, 6.07) is 6.19. The van der Waals surface area contributed by atoms with Gasteiger partial charge in [0.25, 0.3) is 11.8 Å². The van der Waals surface area contributed by atoms with E-state index in [1.165, 1.54) is 38.7 Å². The molecule has 1 aromatic heterocycles. The zero-order valence-corrected chi connectivity index (χ0v) is 15.6. The van der Waals surface area contributed by atoms with Gasteiger partial charge in [-0.2, -0.15) is 0 Å². The first-order chi connectivity index (χ1) is 12.1. The lowest BCUT2D eigenvalue weighted by atomic mass is 10.1. The maximum atomic E-state index is 12.5. The molecule has 1 aromatic carbocycles. The average Bonchev–Trinajstić information content (AvgIpc) is 3.16. The number of rotatable bonds is 8. The molecule has 0 fully saturated rings. The highest BCUT2D eigenvalue weighted by molar-refractivity contribution is 6.08. The molecule has 0 spiro atoms. The number of likely N-dealkylation sites (N-methyl/N-ethyl adjacent to an activating group) is 1. The van der Waals surface area contributed by atoms with Crippen LogP contribution < -0.4 is 25.4 Å². The molecule has 0 unspecified atom stereocenters. The van der Waals surface area contributed by atoms with Crippen LogP contribution in [0.1, 0.15) is 20.9 Å². The first-order valence-corrected chi connectivity index (χ1v) is 7.64. The number of halogens is 1. The normalized spacial score (nSPS) is 9.81. The van der Waals surface area contributed by atoms with E-state index in [0.717, 1.165) is 0 Å². The summed E-state index contributed by atoms with van der Waals surface area (Å²) in [5.41, 5.74) is 0.551. The lowest BCUT2D eigenvalue weighted by Crippen LogP contribution is -2.31. The molecule has 2 rings (SSSR count). The van der Waals surface area contributed by atoms with Crippen LogP contribution in [0.25, 0.3) is 0 Å². The summed E-state index contributed by atoms with van der Waals surface area (Å²) in [4.78, 5) is 24.7. The molecule has 0 saturated carbocycles. The summed E-state index contributed by atoms with van der Waals surface area (Å²) in [6.45, 7) is 1.06. The minimum absolute atomic E-state index is 0. The molecule has 0 aliphatic carbocycles. The average molecular weight is 384 g/mol. The molecule has 2 aromatic rings. The van der Waals surface area contributed by atoms with Gasteiger partial charge in [-0.15, -0.1) is 12.4 Å². The third-order valence-corrected chi connectivity index (χ3v) is 3.42. The Morgan fingerprint density at radius 1 is 1.08 bits per heavy atom. The molecule has 0 bridgehead atoms. The Morgan fingerprint density at radius 2 is 1.77 bits per heavy atom. The van der Waals surface area contributed by atoms with Crippen molar-refractivity contribution in [1.29, 1.82) is 0 Å². The first kappa shape index (κ1) is 21.3. The number of methoxy groups -OCH3 is 2. The number of anilines is 1. The molecule has 0 atom stereocenters. The van der Waals surface area contributed by atoms with E-state index in [2.05, 4.69) is 16.0 Å². The maximum Gasteiger partial charge on any atom is 0.291 e. The number of nitrogens with one attached hydrogen (secondary N) is 3. The molecular weight excluding hydrogens is 362 g/mol. The van der Waals surface area contributed by atoms with Gasteiger partial charge in [0.2, 0.25) is 0 Å². The Bertz CT molecular complexity index is 734. The highest BCUT2D eigenvalue weighted by Crippen LogP contribution is 2.33. The maximum absolute atomic E-state index is 12.5. The van der Waals surface area contributed by atoms with Crippen molar-refractivity contribution in [2.75, 3.05) is 39.7 Å². The molecule has 2 amide bonds. The third-order valence-electron chi connectivity index (χ3n) is 3.42. The highest BCUT2D eigenvalue weighted by Gasteiger charge is 2.19. The molecule has 9 heteroatoms.